The monoisotopic (exact) mass is 351 g/mol. The van der Waals surface area contributed by atoms with Crippen LogP contribution in [0.25, 0.3) is 0 Å². The Hall–Kier alpha value is -1.36. The largest absolute Gasteiger partial charge is 0.322 e. The molecule has 0 saturated heterocycles. The van der Waals surface area contributed by atoms with Gasteiger partial charge in [-0.25, -0.2) is 0 Å². The van der Waals surface area contributed by atoms with Crippen molar-refractivity contribution in [2.45, 2.75) is 13.8 Å². The third-order valence-corrected chi connectivity index (χ3v) is 3.39. The summed E-state index contributed by atoms with van der Waals surface area (Å²) in [7, 11) is 0. The van der Waals surface area contributed by atoms with Gasteiger partial charge in [0.15, 0.2) is 0 Å². The standard InChI is InChI=1S/C15H14INO/c1-10-6-7-11(2)14(8-10)15(18)17-13-5-3-4-12(16)9-13/h3-9H,1-2H3,(H,17,18). The van der Waals surface area contributed by atoms with E-state index in [1.54, 1.807) is 0 Å². The Labute approximate surface area is 121 Å². The predicted molar refractivity (Wildman–Crippen MR) is 83.0 cm³/mol. The average molecular weight is 351 g/mol. The van der Waals surface area contributed by atoms with Crippen LogP contribution in [-0.4, -0.2) is 5.91 Å². The number of hydrogen-bond acceptors (Lipinski definition) is 1. The Morgan fingerprint density at radius 3 is 2.61 bits per heavy atom. The van der Waals surface area contributed by atoms with Gasteiger partial charge >= 0.3 is 0 Å². The molecular weight excluding hydrogens is 337 g/mol. The summed E-state index contributed by atoms with van der Waals surface area (Å²) < 4.78 is 1.10. The second-order valence-electron chi connectivity index (χ2n) is 4.28. The fourth-order valence-corrected chi connectivity index (χ4v) is 2.29. The molecule has 0 unspecified atom stereocenters. The zero-order valence-electron chi connectivity index (χ0n) is 10.3. The smallest absolute Gasteiger partial charge is 0.255 e. The van der Waals surface area contributed by atoms with Crippen molar-refractivity contribution in [1.82, 2.24) is 0 Å². The van der Waals surface area contributed by atoms with Gasteiger partial charge in [-0.3, -0.25) is 4.79 Å². The van der Waals surface area contributed by atoms with Gasteiger partial charge in [0.2, 0.25) is 0 Å². The molecule has 0 bridgehead atoms. The molecule has 0 aliphatic heterocycles. The molecule has 18 heavy (non-hydrogen) atoms. The minimum atomic E-state index is -0.0572. The van der Waals surface area contributed by atoms with E-state index in [0.29, 0.717) is 0 Å². The van der Waals surface area contributed by atoms with Gasteiger partial charge in [0.1, 0.15) is 0 Å². The molecule has 0 saturated carbocycles. The number of aryl methyl sites for hydroxylation is 2. The Morgan fingerprint density at radius 1 is 1.11 bits per heavy atom. The van der Waals surface area contributed by atoms with Crippen molar-refractivity contribution in [3.05, 3.63) is 62.7 Å². The summed E-state index contributed by atoms with van der Waals surface area (Å²) in [6.07, 6.45) is 0. The Balaban J connectivity index is 2.24. The van der Waals surface area contributed by atoms with E-state index in [0.717, 1.165) is 25.9 Å². The second kappa shape index (κ2) is 5.52. The zero-order valence-corrected chi connectivity index (χ0v) is 12.5. The quantitative estimate of drug-likeness (QED) is 0.809. The number of benzene rings is 2. The third kappa shape index (κ3) is 3.10. The molecule has 1 N–H and O–H groups in total. The highest BCUT2D eigenvalue weighted by atomic mass is 127. The van der Waals surface area contributed by atoms with Crippen molar-refractivity contribution < 1.29 is 4.79 Å². The van der Waals surface area contributed by atoms with Crippen LogP contribution in [0, 0.1) is 17.4 Å². The summed E-state index contributed by atoms with van der Waals surface area (Å²) in [6.45, 7) is 3.94. The number of hydrogen-bond donors (Lipinski definition) is 1. The zero-order chi connectivity index (χ0) is 13.1. The van der Waals surface area contributed by atoms with Gasteiger partial charge in [-0.15, -0.1) is 0 Å². The van der Waals surface area contributed by atoms with E-state index in [2.05, 4.69) is 27.9 Å². The molecule has 0 aliphatic carbocycles. The highest BCUT2D eigenvalue weighted by Crippen LogP contribution is 2.16. The first-order valence-electron chi connectivity index (χ1n) is 5.70. The molecule has 0 radical (unpaired) electrons. The van der Waals surface area contributed by atoms with E-state index in [1.165, 1.54) is 0 Å². The van der Waals surface area contributed by atoms with Gasteiger partial charge in [-0.1, -0.05) is 23.8 Å². The van der Waals surface area contributed by atoms with E-state index in [4.69, 9.17) is 0 Å². The first kappa shape index (κ1) is 13.1. The lowest BCUT2D eigenvalue weighted by molar-refractivity contribution is 0.102. The maximum absolute atomic E-state index is 12.2. The van der Waals surface area contributed by atoms with Crippen LogP contribution in [0.15, 0.2) is 42.5 Å². The first-order valence-corrected chi connectivity index (χ1v) is 6.78. The van der Waals surface area contributed by atoms with Crippen molar-refractivity contribution in [2.75, 3.05) is 5.32 Å². The van der Waals surface area contributed by atoms with Crippen LogP contribution in [0.4, 0.5) is 5.69 Å². The Bertz CT molecular complexity index is 593. The minimum absolute atomic E-state index is 0.0572. The molecule has 92 valence electrons. The topological polar surface area (TPSA) is 29.1 Å². The summed E-state index contributed by atoms with van der Waals surface area (Å²) in [4.78, 5) is 12.2. The summed E-state index contributed by atoms with van der Waals surface area (Å²) in [5.74, 6) is -0.0572. The fourth-order valence-electron chi connectivity index (χ4n) is 1.75. The molecule has 0 fully saturated rings. The number of halogens is 1. The van der Waals surface area contributed by atoms with Gasteiger partial charge in [0, 0.05) is 14.8 Å². The van der Waals surface area contributed by atoms with Gasteiger partial charge < -0.3 is 5.32 Å². The summed E-state index contributed by atoms with van der Waals surface area (Å²) in [6, 6.07) is 13.7. The van der Waals surface area contributed by atoms with E-state index in [1.807, 2.05) is 56.3 Å². The molecular formula is C15H14INO. The van der Waals surface area contributed by atoms with Crippen LogP contribution >= 0.6 is 22.6 Å². The maximum Gasteiger partial charge on any atom is 0.255 e. The van der Waals surface area contributed by atoms with Crippen LogP contribution in [0.3, 0.4) is 0 Å². The van der Waals surface area contributed by atoms with E-state index >= 15 is 0 Å². The highest BCUT2D eigenvalue weighted by Gasteiger charge is 2.09. The number of carbonyl (C=O) groups excluding carboxylic acids is 1. The number of nitrogens with one attached hydrogen (secondary N) is 1. The lowest BCUT2D eigenvalue weighted by Crippen LogP contribution is -2.13. The average Bonchev–Trinajstić information content (AvgIpc) is 2.32. The van der Waals surface area contributed by atoms with Crippen LogP contribution in [-0.2, 0) is 0 Å². The lowest BCUT2D eigenvalue weighted by Gasteiger charge is -2.08. The van der Waals surface area contributed by atoms with Crippen molar-refractivity contribution >= 4 is 34.2 Å². The minimum Gasteiger partial charge on any atom is -0.322 e. The first-order chi connectivity index (χ1) is 8.56. The molecule has 0 heterocycles. The molecule has 2 aromatic rings. The van der Waals surface area contributed by atoms with Crippen LogP contribution in [0.5, 0.6) is 0 Å². The number of rotatable bonds is 2. The normalized spacial score (nSPS) is 10.2. The molecule has 0 spiro atoms. The number of carbonyl (C=O) groups is 1. The Morgan fingerprint density at radius 2 is 1.89 bits per heavy atom. The number of anilines is 1. The summed E-state index contributed by atoms with van der Waals surface area (Å²) in [5.41, 5.74) is 3.64. The van der Waals surface area contributed by atoms with Crippen LogP contribution in [0.1, 0.15) is 21.5 Å². The molecule has 2 aromatic carbocycles. The number of amides is 1. The molecule has 0 aromatic heterocycles. The molecule has 3 heteroatoms. The maximum atomic E-state index is 12.2. The van der Waals surface area contributed by atoms with Gasteiger partial charge in [0.25, 0.3) is 5.91 Å². The van der Waals surface area contributed by atoms with Gasteiger partial charge in [0.05, 0.1) is 0 Å². The lowest BCUT2D eigenvalue weighted by atomic mass is 10.1. The SMILES string of the molecule is Cc1ccc(C)c(C(=O)Nc2cccc(I)c2)c1. The van der Waals surface area contributed by atoms with E-state index in [-0.39, 0.29) is 5.91 Å². The predicted octanol–water partition coefficient (Wildman–Crippen LogP) is 4.16. The second-order valence-corrected chi connectivity index (χ2v) is 5.53. The molecule has 2 rings (SSSR count). The van der Waals surface area contributed by atoms with Crippen LogP contribution < -0.4 is 5.32 Å². The fraction of sp³-hybridized carbons (Fsp3) is 0.133. The van der Waals surface area contributed by atoms with Crippen LogP contribution in [0.2, 0.25) is 0 Å². The van der Waals surface area contributed by atoms with Gasteiger partial charge in [-0.2, -0.15) is 0 Å². The molecule has 1 amide bonds. The molecule has 2 nitrogen and oxygen atoms in total. The van der Waals surface area contributed by atoms with Crippen molar-refractivity contribution in [2.24, 2.45) is 0 Å². The third-order valence-electron chi connectivity index (χ3n) is 2.72. The van der Waals surface area contributed by atoms with E-state index < -0.39 is 0 Å². The molecule has 0 atom stereocenters. The molecule has 0 aliphatic rings. The van der Waals surface area contributed by atoms with Gasteiger partial charge in [-0.05, 0) is 66.3 Å². The highest BCUT2D eigenvalue weighted by molar-refractivity contribution is 14.1. The van der Waals surface area contributed by atoms with Crippen molar-refractivity contribution in [1.29, 1.82) is 0 Å². The summed E-state index contributed by atoms with van der Waals surface area (Å²) >= 11 is 2.23. The Kier molecular flexibility index (Phi) is 4.01. The van der Waals surface area contributed by atoms with Crippen molar-refractivity contribution in [3.8, 4) is 0 Å². The summed E-state index contributed by atoms with van der Waals surface area (Å²) in [5, 5.41) is 2.92. The van der Waals surface area contributed by atoms with Crippen molar-refractivity contribution in [3.63, 3.8) is 0 Å². The van der Waals surface area contributed by atoms with E-state index in [9.17, 15) is 4.79 Å².